The summed E-state index contributed by atoms with van der Waals surface area (Å²) in [5, 5.41) is 18.5. The minimum absolute atomic E-state index is 0.111. The molecular weight excluding hydrogens is 667 g/mol. The van der Waals surface area contributed by atoms with E-state index >= 15 is 4.39 Å². The molecule has 13 atom stereocenters. The molecule has 51 heavy (non-hydrogen) atoms. The predicted molar refractivity (Wildman–Crippen MR) is 186 cm³/mol. The van der Waals surface area contributed by atoms with Gasteiger partial charge in [-0.1, -0.05) is 25.9 Å². The Morgan fingerprint density at radius 1 is 1.16 bits per heavy atom. The maximum absolute atomic E-state index is 16.8. The van der Waals surface area contributed by atoms with Crippen LogP contribution in [-0.2, 0) is 33.3 Å². The van der Waals surface area contributed by atoms with Crippen LogP contribution in [0.5, 0.6) is 0 Å². The summed E-state index contributed by atoms with van der Waals surface area (Å²) in [6.07, 6.45) is -3.32. The number of aliphatic hydroxyl groups is 1. The molecule has 0 spiro atoms. The van der Waals surface area contributed by atoms with Crippen LogP contribution in [0.1, 0.15) is 87.5 Å². The molecule has 3 fully saturated rings. The van der Waals surface area contributed by atoms with Crippen LogP contribution in [0.4, 0.5) is 9.18 Å². The van der Waals surface area contributed by atoms with Crippen molar-refractivity contribution < 1.29 is 47.6 Å². The molecule has 3 aliphatic heterocycles. The van der Waals surface area contributed by atoms with Gasteiger partial charge in [0.1, 0.15) is 12.2 Å². The lowest BCUT2D eigenvalue weighted by atomic mass is 9.78. The third-order valence-electron chi connectivity index (χ3n) is 11.0. The van der Waals surface area contributed by atoms with E-state index in [4.69, 9.17) is 29.2 Å². The molecule has 0 aliphatic carbocycles. The van der Waals surface area contributed by atoms with Crippen LogP contribution < -0.4 is 5.32 Å². The van der Waals surface area contributed by atoms with Gasteiger partial charge >= 0.3 is 12.1 Å². The van der Waals surface area contributed by atoms with E-state index in [0.29, 0.717) is 32.2 Å². The fraction of sp³-hybridized carbons (Fsp3) is 0.914. The SMILES string of the molecule is CC[C@H]1OC(=O)C(C)(F)C(=O)[C@H](C)[C@@H](O[C@@H]2OC(C)CC(N(C)C)C2O)[C@](C)(OC)C[C@@H](C)CN[C@H](C)[C@H]2N(CCCCN=[N+]=[N-])C(=O)O[C@]12C. The number of rotatable bonds is 10. The molecule has 3 rings (SSSR count). The second-order valence-corrected chi connectivity index (χ2v) is 15.5. The van der Waals surface area contributed by atoms with E-state index in [-0.39, 0.29) is 37.6 Å². The largest absolute Gasteiger partial charge is 0.455 e. The Labute approximate surface area is 301 Å². The van der Waals surface area contributed by atoms with Crippen LogP contribution >= 0.6 is 0 Å². The van der Waals surface area contributed by atoms with Crippen molar-refractivity contribution in [1.29, 1.82) is 0 Å². The normalized spacial score (nSPS) is 41.6. The summed E-state index contributed by atoms with van der Waals surface area (Å²) in [5.41, 5.74) is 2.89. The number of cyclic esters (lactones) is 1. The second kappa shape index (κ2) is 17.5. The first-order valence-corrected chi connectivity index (χ1v) is 18.2. The monoisotopic (exact) mass is 728 g/mol. The van der Waals surface area contributed by atoms with E-state index in [1.807, 2.05) is 39.8 Å². The molecule has 292 valence electrons. The molecule has 15 nitrogen and oxygen atoms in total. The summed E-state index contributed by atoms with van der Waals surface area (Å²) in [6.45, 7) is 14.3. The Morgan fingerprint density at radius 2 is 1.82 bits per heavy atom. The molecule has 16 heteroatoms. The molecule has 0 radical (unpaired) electrons. The van der Waals surface area contributed by atoms with Crippen LogP contribution in [0.2, 0.25) is 0 Å². The number of alkyl halides is 1. The lowest BCUT2D eigenvalue weighted by molar-refractivity contribution is -0.295. The van der Waals surface area contributed by atoms with Crippen LogP contribution in [-0.4, -0.2) is 139 Å². The van der Waals surface area contributed by atoms with Gasteiger partial charge in [-0.3, -0.25) is 9.69 Å². The highest BCUT2D eigenvalue weighted by molar-refractivity contribution is 6.07. The van der Waals surface area contributed by atoms with Gasteiger partial charge in [0, 0.05) is 43.1 Å². The minimum Gasteiger partial charge on any atom is -0.455 e. The Bertz CT molecular complexity index is 1270. The molecule has 2 N–H and O–H groups in total. The summed E-state index contributed by atoms with van der Waals surface area (Å²) < 4.78 is 47.2. The number of halogens is 1. The van der Waals surface area contributed by atoms with Gasteiger partial charge in [-0.2, -0.15) is 0 Å². The number of fused-ring (bicyclic) bond motifs is 1. The van der Waals surface area contributed by atoms with Gasteiger partial charge in [0.2, 0.25) is 0 Å². The number of amides is 1. The highest BCUT2D eigenvalue weighted by Gasteiger charge is 2.60. The topological polar surface area (TPSA) is 185 Å². The van der Waals surface area contributed by atoms with E-state index in [0.717, 1.165) is 6.92 Å². The Kier molecular flexibility index (Phi) is 14.7. The van der Waals surface area contributed by atoms with Crippen molar-refractivity contribution in [1.82, 2.24) is 15.1 Å². The van der Waals surface area contributed by atoms with Gasteiger partial charge in [-0.05, 0) is 98.8 Å². The fourth-order valence-electron chi connectivity index (χ4n) is 8.17. The number of likely N-dealkylation sites (N-methyl/N-ethyl adjacent to an activating group) is 1. The van der Waals surface area contributed by atoms with E-state index in [9.17, 15) is 19.5 Å². The fourth-order valence-corrected chi connectivity index (χ4v) is 8.17. The number of aliphatic hydroxyl groups excluding tert-OH is 1. The Balaban J connectivity index is 2.07. The molecule has 3 aliphatic rings. The quantitative estimate of drug-likeness (QED) is 0.0823. The van der Waals surface area contributed by atoms with Crippen molar-refractivity contribution >= 4 is 17.8 Å². The molecule has 0 saturated carbocycles. The number of nitrogens with zero attached hydrogens (tertiary/aromatic N) is 5. The third kappa shape index (κ3) is 9.32. The average Bonchev–Trinajstić information content (AvgIpc) is 3.33. The number of hydrogen-bond donors (Lipinski definition) is 2. The highest BCUT2D eigenvalue weighted by Crippen LogP contribution is 2.41. The van der Waals surface area contributed by atoms with Gasteiger partial charge in [-0.25, -0.2) is 14.0 Å². The summed E-state index contributed by atoms with van der Waals surface area (Å²) in [6, 6.07) is -1.35. The van der Waals surface area contributed by atoms with Crippen molar-refractivity contribution in [2.24, 2.45) is 17.0 Å². The van der Waals surface area contributed by atoms with Gasteiger partial charge in [0.15, 0.2) is 17.7 Å². The lowest BCUT2D eigenvalue weighted by Crippen LogP contribution is -2.61. The van der Waals surface area contributed by atoms with Crippen molar-refractivity contribution in [3.63, 3.8) is 0 Å². The van der Waals surface area contributed by atoms with Crippen molar-refractivity contribution in [3.8, 4) is 0 Å². The first kappa shape index (κ1) is 42.8. The summed E-state index contributed by atoms with van der Waals surface area (Å²) in [4.78, 5) is 47.6. The maximum Gasteiger partial charge on any atom is 0.410 e. The van der Waals surface area contributed by atoms with E-state index in [1.54, 1.807) is 25.7 Å². The predicted octanol–water partition coefficient (Wildman–Crippen LogP) is 4.15. The van der Waals surface area contributed by atoms with Crippen LogP contribution in [0.15, 0.2) is 5.11 Å². The molecular formula is C35H61FN6O9. The Hall–Kier alpha value is -2.59. The van der Waals surface area contributed by atoms with Crippen molar-refractivity contribution in [2.45, 2.75) is 153 Å². The van der Waals surface area contributed by atoms with Crippen LogP contribution in [0.3, 0.4) is 0 Å². The van der Waals surface area contributed by atoms with E-state index in [1.165, 1.54) is 14.0 Å². The number of nitrogens with one attached hydrogen (secondary N) is 1. The number of ether oxygens (including phenoxy) is 5. The third-order valence-corrected chi connectivity index (χ3v) is 11.0. The first-order valence-electron chi connectivity index (χ1n) is 18.2. The molecule has 1 amide bonds. The molecule has 0 aromatic heterocycles. The van der Waals surface area contributed by atoms with Crippen molar-refractivity contribution in [3.05, 3.63) is 10.4 Å². The number of unbranched alkanes of at least 4 members (excludes halogenated alkanes) is 1. The maximum atomic E-state index is 16.8. The van der Waals surface area contributed by atoms with Gasteiger partial charge in [-0.15, -0.1) is 0 Å². The standard InChI is InChI=1S/C35H61FN6O9/c1-12-25-35(8)27(42(32(46)51-35)16-14-13-15-39-40-37)23(5)38-19-20(2)18-33(6,47-11)29(22(4)28(44)34(7,36)31(45)49-25)50-30-26(43)24(41(9)10)17-21(3)48-30/h20-27,29-30,38,43H,12-19H2,1-11H3/t20-,21?,22+,23-,24?,25-,26?,27-,29-,30+,33-,34?,35-/m1/s1. The summed E-state index contributed by atoms with van der Waals surface area (Å²) in [5.74, 6) is -3.87. The zero-order valence-corrected chi connectivity index (χ0v) is 32.3. The van der Waals surface area contributed by atoms with E-state index < -0.39 is 77.3 Å². The van der Waals surface area contributed by atoms with Gasteiger partial charge < -0.3 is 39.0 Å². The number of carbonyl (C=O) groups excluding carboxylic acids is 3. The molecule has 0 aromatic rings. The number of azide groups is 1. The van der Waals surface area contributed by atoms with Gasteiger partial charge in [0.05, 0.1) is 23.9 Å². The smallest absolute Gasteiger partial charge is 0.410 e. The second-order valence-electron chi connectivity index (χ2n) is 15.5. The number of Topliss-reactive ketones (excluding diaryl/α,β-unsaturated/α-hetero) is 1. The molecule has 0 bridgehead atoms. The average molecular weight is 729 g/mol. The number of esters is 1. The lowest BCUT2D eigenvalue weighted by Gasteiger charge is -2.47. The molecule has 4 unspecified atom stereocenters. The van der Waals surface area contributed by atoms with Crippen molar-refractivity contribution in [2.75, 3.05) is 40.8 Å². The van der Waals surface area contributed by atoms with Gasteiger partial charge in [0.25, 0.3) is 5.67 Å². The van der Waals surface area contributed by atoms with Crippen LogP contribution in [0, 0.1) is 11.8 Å². The Morgan fingerprint density at radius 3 is 2.41 bits per heavy atom. The van der Waals surface area contributed by atoms with E-state index in [2.05, 4.69) is 15.3 Å². The summed E-state index contributed by atoms with van der Waals surface area (Å²) in [7, 11) is 5.17. The number of hydrogen-bond acceptors (Lipinski definition) is 12. The summed E-state index contributed by atoms with van der Waals surface area (Å²) >= 11 is 0. The number of methoxy groups -OCH3 is 1. The number of carbonyl (C=O) groups is 3. The first-order chi connectivity index (χ1) is 23.8. The molecule has 3 heterocycles. The zero-order chi connectivity index (χ0) is 38.5. The minimum atomic E-state index is -3.13. The zero-order valence-electron chi connectivity index (χ0n) is 32.3. The van der Waals surface area contributed by atoms with Crippen LogP contribution in [0.25, 0.3) is 10.4 Å². The highest BCUT2D eigenvalue weighted by atomic mass is 19.1. The molecule has 3 saturated heterocycles. The molecule has 0 aromatic carbocycles. The number of ketones is 1.